The monoisotopic (exact) mass is 210 g/mol. The summed E-state index contributed by atoms with van der Waals surface area (Å²) in [6.45, 7) is 1.63. The summed E-state index contributed by atoms with van der Waals surface area (Å²) >= 11 is 0. The number of carbonyl (C=O) groups excluding carboxylic acids is 1. The number of aromatic nitrogens is 2. The average molecular weight is 210 g/mol. The third-order valence-electron chi connectivity index (χ3n) is 2.63. The molecule has 0 bridgehead atoms. The van der Waals surface area contributed by atoms with Gasteiger partial charge in [-0.1, -0.05) is 0 Å². The molecule has 6 nitrogen and oxygen atoms in total. The molecule has 82 valence electrons. The van der Waals surface area contributed by atoms with Crippen LogP contribution in [0.15, 0.2) is 6.20 Å². The highest BCUT2D eigenvalue weighted by Crippen LogP contribution is 2.22. The third-order valence-corrected chi connectivity index (χ3v) is 2.63. The summed E-state index contributed by atoms with van der Waals surface area (Å²) in [6, 6.07) is 0. The van der Waals surface area contributed by atoms with Crippen molar-refractivity contribution in [2.45, 2.75) is 13.0 Å². The van der Waals surface area contributed by atoms with Crippen LogP contribution >= 0.6 is 0 Å². The highest BCUT2D eigenvalue weighted by Gasteiger charge is 2.22. The minimum absolute atomic E-state index is 0.172. The van der Waals surface area contributed by atoms with Crippen molar-refractivity contribution in [3.05, 3.63) is 11.8 Å². The first-order chi connectivity index (χ1) is 7.22. The van der Waals surface area contributed by atoms with E-state index in [-0.39, 0.29) is 6.61 Å². The van der Waals surface area contributed by atoms with Crippen molar-refractivity contribution in [3.8, 4) is 0 Å². The molecule has 1 amide bonds. The molecule has 0 aliphatic carbocycles. The molecule has 1 aliphatic rings. The van der Waals surface area contributed by atoms with Gasteiger partial charge in [0.25, 0.3) is 5.91 Å². The van der Waals surface area contributed by atoms with Crippen LogP contribution in [0.4, 0.5) is 5.82 Å². The SMILES string of the molecule is NC(=O)c1cnn2c1NCC(CCO)C2. The van der Waals surface area contributed by atoms with Gasteiger partial charge in [0.15, 0.2) is 0 Å². The number of aliphatic hydroxyl groups excluding tert-OH is 1. The quantitative estimate of drug-likeness (QED) is 0.621. The van der Waals surface area contributed by atoms with E-state index in [1.54, 1.807) is 4.68 Å². The Morgan fingerprint density at radius 3 is 3.27 bits per heavy atom. The Kier molecular flexibility index (Phi) is 2.59. The lowest BCUT2D eigenvalue weighted by Crippen LogP contribution is -2.29. The summed E-state index contributed by atoms with van der Waals surface area (Å²) in [4.78, 5) is 11.0. The van der Waals surface area contributed by atoms with Gasteiger partial charge in [0, 0.05) is 19.7 Å². The zero-order valence-corrected chi connectivity index (χ0v) is 8.31. The van der Waals surface area contributed by atoms with Crippen molar-refractivity contribution in [1.82, 2.24) is 9.78 Å². The number of primary amides is 1. The molecule has 1 unspecified atom stereocenters. The van der Waals surface area contributed by atoms with Gasteiger partial charge in [-0.15, -0.1) is 0 Å². The van der Waals surface area contributed by atoms with E-state index in [4.69, 9.17) is 10.8 Å². The fourth-order valence-electron chi connectivity index (χ4n) is 1.82. The Hall–Kier alpha value is -1.56. The van der Waals surface area contributed by atoms with Crippen molar-refractivity contribution in [2.75, 3.05) is 18.5 Å². The first-order valence-electron chi connectivity index (χ1n) is 4.92. The number of rotatable bonds is 3. The normalized spacial score (nSPS) is 19.4. The second kappa shape index (κ2) is 3.90. The molecule has 0 saturated carbocycles. The van der Waals surface area contributed by atoms with E-state index < -0.39 is 5.91 Å². The van der Waals surface area contributed by atoms with Gasteiger partial charge >= 0.3 is 0 Å². The maximum atomic E-state index is 11.0. The molecule has 2 rings (SSSR count). The zero-order valence-electron chi connectivity index (χ0n) is 8.31. The van der Waals surface area contributed by atoms with E-state index in [0.29, 0.717) is 17.3 Å². The number of carbonyl (C=O) groups is 1. The number of amides is 1. The van der Waals surface area contributed by atoms with Gasteiger partial charge in [-0.25, -0.2) is 4.68 Å². The van der Waals surface area contributed by atoms with E-state index in [9.17, 15) is 4.79 Å². The second-order valence-electron chi connectivity index (χ2n) is 3.71. The van der Waals surface area contributed by atoms with Gasteiger partial charge in [-0.3, -0.25) is 4.79 Å². The standard InChI is InChI=1S/C9H14N4O2/c10-8(15)7-4-12-13-5-6(1-2-14)3-11-9(7)13/h4,6,11,14H,1-3,5H2,(H2,10,15). The number of anilines is 1. The van der Waals surface area contributed by atoms with E-state index in [1.807, 2.05) is 0 Å². The topological polar surface area (TPSA) is 93.2 Å². The molecular weight excluding hydrogens is 196 g/mol. The summed E-state index contributed by atoms with van der Waals surface area (Å²) in [5.41, 5.74) is 5.63. The largest absolute Gasteiger partial charge is 0.396 e. The van der Waals surface area contributed by atoms with Crippen LogP contribution in [0.1, 0.15) is 16.8 Å². The first-order valence-corrected chi connectivity index (χ1v) is 4.92. The molecule has 0 saturated heterocycles. The van der Waals surface area contributed by atoms with Crippen LogP contribution in [0.3, 0.4) is 0 Å². The molecular formula is C9H14N4O2. The minimum atomic E-state index is -0.468. The fourth-order valence-corrected chi connectivity index (χ4v) is 1.82. The number of nitrogens with two attached hydrogens (primary N) is 1. The van der Waals surface area contributed by atoms with E-state index in [0.717, 1.165) is 19.5 Å². The predicted molar refractivity (Wildman–Crippen MR) is 54.4 cm³/mol. The number of fused-ring (bicyclic) bond motifs is 1. The summed E-state index contributed by atoms with van der Waals surface area (Å²) in [5, 5.41) is 16.0. The molecule has 0 spiro atoms. The predicted octanol–water partition coefficient (Wildman–Crippen LogP) is -0.594. The molecule has 6 heteroatoms. The maximum Gasteiger partial charge on any atom is 0.254 e. The molecule has 0 aromatic carbocycles. The van der Waals surface area contributed by atoms with Gasteiger partial charge in [0.1, 0.15) is 11.4 Å². The molecule has 1 aromatic heterocycles. The maximum absolute atomic E-state index is 11.0. The minimum Gasteiger partial charge on any atom is -0.396 e. The molecule has 1 aliphatic heterocycles. The van der Waals surface area contributed by atoms with Gasteiger partial charge in [-0.05, 0) is 12.3 Å². The molecule has 1 atom stereocenters. The zero-order chi connectivity index (χ0) is 10.8. The summed E-state index contributed by atoms with van der Waals surface area (Å²) < 4.78 is 1.73. The van der Waals surface area contributed by atoms with E-state index in [1.165, 1.54) is 6.20 Å². The highest BCUT2D eigenvalue weighted by molar-refractivity contribution is 5.97. The summed E-state index contributed by atoms with van der Waals surface area (Å²) in [6.07, 6.45) is 2.21. The average Bonchev–Trinajstić information content (AvgIpc) is 2.61. The van der Waals surface area contributed by atoms with Gasteiger partial charge < -0.3 is 16.2 Å². The van der Waals surface area contributed by atoms with E-state index >= 15 is 0 Å². The molecule has 2 heterocycles. The van der Waals surface area contributed by atoms with Gasteiger partial charge in [0.2, 0.25) is 0 Å². The lowest BCUT2D eigenvalue weighted by atomic mass is 10.0. The Morgan fingerprint density at radius 2 is 2.60 bits per heavy atom. The van der Waals surface area contributed by atoms with Crippen LogP contribution < -0.4 is 11.1 Å². The Balaban J connectivity index is 2.18. The molecule has 4 N–H and O–H groups in total. The summed E-state index contributed by atoms with van der Waals surface area (Å²) in [5.74, 6) is 0.573. The number of hydrogen-bond donors (Lipinski definition) is 3. The van der Waals surface area contributed by atoms with Crippen molar-refractivity contribution in [3.63, 3.8) is 0 Å². The Bertz CT molecular complexity index is 374. The van der Waals surface area contributed by atoms with Crippen LogP contribution in [0.2, 0.25) is 0 Å². The van der Waals surface area contributed by atoms with Crippen LogP contribution in [0.25, 0.3) is 0 Å². The van der Waals surface area contributed by atoms with Crippen LogP contribution in [-0.2, 0) is 6.54 Å². The van der Waals surface area contributed by atoms with Crippen molar-refractivity contribution < 1.29 is 9.90 Å². The van der Waals surface area contributed by atoms with Crippen LogP contribution in [-0.4, -0.2) is 33.9 Å². The van der Waals surface area contributed by atoms with E-state index in [2.05, 4.69) is 10.4 Å². The Labute approximate surface area is 87.1 Å². The number of nitrogens with one attached hydrogen (secondary N) is 1. The highest BCUT2D eigenvalue weighted by atomic mass is 16.3. The van der Waals surface area contributed by atoms with Crippen molar-refractivity contribution >= 4 is 11.7 Å². The van der Waals surface area contributed by atoms with Crippen LogP contribution in [0, 0.1) is 5.92 Å². The van der Waals surface area contributed by atoms with Crippen LogP contribution in [0.5, 0.6) is 0 Å². The molecule has 1 aromatic rings. The number of nitrogens with zero attached hydrogens (tertiary/aromatic N) is 2. The van der Waals surface area contributed by atoms with Crippen molar-refractivity contribution in [2.24, 2.45) is 11.7 Å². The lowest BCUT2D eigenvalue weighted by Gasteiger charge is -2.24. The van der Waals surface area contributed by atoms with Crippen molar-refractivity contribution in [1.29, 1.82) is 0 Å². The van der Waals surface area contributed by atoms with Gasteiger partial charge in [0.05, 0.1) is 6.20 Å². The fraction of sp³-hybridized carbons (Fsp3) is 0.556. The molecule has 15 heavy (non-hydrogen) atoms. The third kappa shape index (κ3) is 1.80. The summed E-state index contributed by atoms with van der Waals surface area (Å²) in [7, 11) is 0. The number of hydrogen-bond acceptors (Lipinski definition) is 4. The number of aliphatic hydroxyl groups is 1. The molecule has 0 radical (unpaired) electrons. The second-order valence-corrected chi connectivity index (χ2v) is 3.71. The molecule has 0 fully saturated rings. The van der Waals surface area contributed by atoms with Gasteiger partial charge in [-0.2, -0.15) is 5.10 Å². The smallest absolute Gasteiger partial charge is 0.254 e. The first kappa shape index (κ1) is 9.97. The lowest BCUT2D eigenvalue weighted by molar-refractivity contribution is 0.100. The Morgan fingerprint density at radius 1 is 1.80 bits per heavy atom.